The molecule has 1 atom stereocenters. The molecule has 0 aromatic carbocycles. The Bertz CT molecular complexity index is 368. The maximum absolute atomic E-state index is 12.5. The second-order valence-corrected chi connectivity index (χ2v) is 6.83. The van der Waals surface area contributed by atoms with E-state index in [1.807, 2.05) is 0 Å². The van der Waals surface area contributed by atoms with Crippen LogP contribution in [-0.2, 0) is 14.3 Å². The number of piperidine rings is 1. The fourth-order valence-electron chi connectivity index (χ4n) is 4.03. The fourth-order valence-corrected chi connectivity index (χ4v) is 4.32. The smallest absolute Gasteiger partial charge is 0.233 e. The normalized spacial score (nSPS) is 29.7. The zero-order valence-electron chi connectivity index (χ0n) is 12.5. The van der Waals surface area contributed by atoms with Crippen LogP contribution < -0.4 is 5.32 Å². The van der Waals surface area contributed by atoms with Crippen LogP contribution in [0.1, 0.15) is 38.5 Å². The molecule has 1 saturated carbocycles. The molecule has 6 heteroatoms. The first kappa shape index (κ1) is 15.7. The van der Waals surface area contributed by atoms with E-state index in [0.29, 0.717) is 24.6 Å². The summed E-state index contributed by atoms with van der Waals surface area (Å²) in [7, 11) is 0. The van der Waals surface area contributed by atoms with Crippen molar-refractivity contribution in [3.8, 4) is 0 Å². The Morgan fingerprint density at radius 3 is 2.57 bits per heavy atom. The number of halogens is 1. The van der Waals surface area contributed by atoms with Crippen LogP contribution in [0.4, 0.5) is 0 Å². The average Bonchev–Trinajstić information content (AvgIpc) is 2.96. The average molecular weight is 361 g/mol. The molecular weight excluding hydrogens is 336 g/mol. The Balaban J connectivity index is 1.73. The third-order valence-electron chi connectivity index (χ3n) is 4.95. The van der Waals surface area contributed by atoms with E-state index >= 15 is 0 Å². The molecule has 0 unspecified atom stereocenters. The lowest BCUT2D eigenvalue weighted by molar-refractivity contribution is -0.192. The Labute approximate surface area is 134 Å². The van der Waals surface area contributed by atoms with Gasteiger partial charge in [0, 0.05) is 24.9 Å². The summed E-state index contributed by atoms with van der Waals surface area (Å²) < 4.78 is 11.8. The molecule has 1 aliphatic carbocycles. The van der Waals surface area contributed by atoms with E-state index in [2.05, 4.69) is 26.1 Å². The minimum absolute atomic E-state index is 0.210. The minimum Gasteiger partial charge on any atom is -0.347 e. The first-order chi connectivity index (χ1) is 10.2. The molecule has 0 radical (unpaired) electrons. The monoisotopic (exact) mass is 360 g/mol. The Morgan fingerprint density at radius 2 is 1.90 bits per heavy atom. The highest BCUT2D eigenvalue weighted by atomic mass is 79.9. The minimum atomic E-state index is -0.416. The van der Waals surface area contributed by atoms with Crippen LogP contribution in [0.15, 0.2) is 0 Å². The van der Waals surface area contributed by atoms with Gasteiger partial charge in [0.15, 0.2) is 5.79 Å². The number of nitrogens with one attached hydrogen (secondary N) is 1. The van der Waals surface area contributed by atoms with Crippen LogP contribution in [0, 0.1) is 0 Å². The Kier molecular flexibility index (Phi) is 5.19. The van der Waals surface area contributed by atoms with E-state index in [1.165, 1.54) is 0 Å². The predicted molar refractivity (Wildman–Crippen MR) is 83.4 cm³/mol. The zero-order valence-corrected chi connectivity index (χ0v) is 14.1. The summed E-state index contributed by atoms with van der Waals surface area (Å²) in [5.41, 5.74) is 0. The topological polar surface area (TPSA) is 50.8 Å². The number of alkyl halides is 1. The molecule has 1 spiro atoms. The number of carbonyl (C=O) groups excluding carboxylic acids is 1. The van der Waals surface area contributed by atoms with E-state index in [0.717, 1.165) is 51.6 Å². The van der Waals surface area contributed by atoms with E-state index < -0.39 is 5.79 Å². The van der Waals surface area contributed by atoms with Crippen molar-refractivity contribution in [1.29, 1.82) is 0 Å². The highest BCUT2D eigenvalue weighted by molar-refractivity contribution is 9.09. The van der Waals surface area contributed by atoms with E-state index in [9.17, 15) is 4.79 Å². The van der Waals surface area contributed by atoms with Gasteiger partial charge in [0.05, 0.1) is 18.5 Å². The molecule has 3 rings (SSSR count). The van der Waals surface area contributed by atoms with Gasteiger partial charge in [-0.3, -0.25) is 4.79 Å². The second-order valence-electron chi connectivity index (χ2n) is 6.27. The maximum Gasteiger partial charge on any atom is 0.233 e. The van der Waals surface area contributed by atoms with Crippen molar-refractivity contribution >= 4 is 21.8 Å². The molecule has 0 bridgehead atoms. The van der Waals surface area contributed by atoms with Gasteiger partial charge in [-0.05, 0) is 38.8 Å². The van der Waals surface area contributed by atoms with Gasteiger partial charge in [0.1, 0.15) is 0 Å². The van der Waals surface area contributed by atoms with Crippen LogP contribution in [0.2, 0.25) is 0 Å². The van der Waals surface area contributed by atoms with Gasteiger partial charge >= 0.3 is 0 Å². The van der Waals surface area contributed by atoms with Crippen molar-refractivity contribution in [1.82, 2.24) is 10.2 Å². The highest BCUT2D eigenvalue weighted by Crippen LogP contribution is 2.38. The van der Waals surface area contributed by atoms with Crippen molar-refractivity contribution in [2.75, 3.05) is 31.6 Å². The third-order valence-corrected chi connectivity index (χ3v) is 5.43. The van der Waals surface area contributed by atoms with E-state index in [4.69, 9.17) is 9.47 Å². The Hall–Kier alpha value is -0.170. The quantitative estimate of drug-likeness (QED) is 0.777. The zero-order chi connectivity index (χ0) is 14.7. The predicted octanol–water partition coefficient (Wildman–Crippen LogP) is 1.65. The van der Waals surface area contributed by atoms with E-state index in [-0.39, 0.29) is 11.9 Å². The van der Waals surface area contributed by atoms with Gasteiger partial charge in [-0.25, -0.2) is 0 Å². The number of rotatable bonds is 3. The number of amides is 1. The van der Waals surface area contributed by atoms with Crippen molar-refractivity contribution < 1.29 is 14.3 Å². The molecular formula is C15H25BrN2O3. The first-order valence-electron chi connectivity index (χ1n) is 8.10. The lowest BCUT2D eigenvalue weighted by Gasteiger charge is -2.45. The highest BCUT2D eigenvalue weighted by Gasteiger charge is 2.45. The fraction of sp³-hybridized carbons (Fsp3) is 0.933. The van der Waals surface area contributed by atoms with Crippen LogP contribution in [0.5, 0.6) is 0 Å². The van der Waals surface area contributed by atoms with Gasteiger partial charge < -0.3 is 19.7 Å². The van der Waals surface area contributed by atoms with Crippen LogP contribution in [0.25, 0.3) is 0 Å². The summed E-state index contributed by atoms with van der Waals surface area (Å²) in [4.78, 5) is 14.6. The maximum atomic E-state index is 12.5. The standard InChI is InChI=1S/C15H25BrN2O3/c16-11-14(19)18(12-3-6-17-7-4-12)13-2-1-5-15(10-13)20-8-9-21-15/h12-13,17H,1-11H2/t13-/m1/s1. The number of hydrogen-bond donors (Lipinski definition) is 1. The van der Waals surface area contributed by atoms with E-state index in [1.54, 1.807) is 0 Å². The lowest BCUT2D eigenvalue weighted by atomic mass is 9.87. The SMILES string of the molecule is O=C(CBr)N(C1CCNCC1)[C@@H]1CCCC2(C1)OCCO2. The Morgan fingerprint density at radius 1 is 1.19 bits per heavy atom. The molecule has 120 valence electrons. The van der Waals surface area contributed by atoms with Gasteiger partial charge in [-0.1, -0.05) is 15.9 Å². The van der Waals surface area contributed by atoms with Gasteiger partial charge in [-0.15, -0.1) is 0 Å². The number of nitrogens with zero attached hydrogens (tertiary/aromatic N) is 1. The molecule has 2 saturated heterocycles. The van der Waals surface area contributed by atoms with Crippen molar-refractivity contribution in [3.05, 3.63) is 0 Å². The van der Waals surface area contributed by atoms with Crippen molar-refractivity contribution in [2.24, 2.45) is 0 Å². The molecule has 5 nitrogen and oxygen atoms in total. The van der Waals surface area contributed by atoms with Crippen molar-refractivity contribution in [2.45, 2.75) is 56.4 Å². The molecule has 0 aromatic rings. The molecule has 3 aliphatic rings. The molecule has 0 aromatic heterocycles. The summed E-state index contributed by atoms with van der Waals surface area (Å²) in [6, 6.07) is 0.614. The molecule has 2 heterocycles. The second kappa shape index (κ2) is 6.94. The van der Waals surface area contributed by atoms with Gasteiger partial charge in [0.2, 0.25) is 5.91 Å². The molecule has 3 fully saturated rings. The molecule has 21 heavy (non-hydrogen) atoms. The van der Waals surface area contributed by atoms with Gasteiger partial charge in [-0.2, -0.15) is 0 Å². The largest absolute Gasteiger partial charge is 0.347 e. The van der Waals surface area contributed by atoms with Crippen LogP contribution in [0.3, 0.4) is 0 Å². The molecule has 2 aliphatic heterocycles. The summed E-state index contributed by atoms with van der Waals surface area (Å²) >= 11 is 3.35. The molecule has 1 N–H and O–H groups in total. The lowest BCUT2D eigenvalue weighted by Crippen LogP contribution is -2.55. The van der Waals surface area contributed by atoms with Crippen LogP contribution >= 0.6 is 15.9 Å². The number of carbonyl (C=O) groups is 1. The number of ether oxygens (including phenoxy) is 2. The van der Waals surface area contributed by atoms with Crippen LogP contribution in [-0.4, -0.2) is 60.3 Å². The third kappa shape index (κ3) is 3.44. The first-order valence-corrected chi connectivity index (χ1v) is 9.22. The van der Waals surface area contributed by atoms with Crippen molar-refractivity contribution in [3.63, 3.8) is 0 Å². The van der Waals surface area contributed by atoms with Gasteiger partial charge in [0.25, 0.3) is 0 Å². The number of hydrogen-bond acceptors (Lipinski definition) is 4. The summed E-state index contributed by atoms with van der Waals surface area (Å²) in [5, 5.41) is 3.78. The summed E-state index contributed by atoms with van der Waals surface area (Å²) in [6.07, 6.45) is 6.02. The molecule has 1 amide bonds. The summed E-state index contributed by atoms with van der Waals surface area (Å²) in [5.74, 6) is -0.206. The summed E-state index contributed by atoms with van der Waals surface area (Å²) in [6.45, 7) is 3.38.